The molecular formula is C12H9Cl2NO2S. The quantitative estimate of drug-likeness (QED) is 0.461. The monoisotopic (exact) mass is 301 g/mol. The van der Waals surface area contributed by atoms with Crippen LogP contribution in [-0.4, -0.2) is 4.92 Å². The summed E-state index contributed by atoms with van der Waals surface area (Å²) in [5.74, 6) is 0. The van der Waals surface area contributed by atoms with Crippen LogP contribution in [0.2, 0.25) is 5.02 Å². The van der Waals surface area contributed by atoms with Gasteiger partial charge in [0, 0.05) is 17.0 Å². The lowest BCUT2D eigenvalue weighted by Gasteiger charge is -2.08. The molecule has 0 bridgehead atoms. The molecule has 0 amide bonds. The van der Waals surface area contributed by atoms with Gasteiger partial charge in [-0.25, -0.2) is 0 Å². The number of non-ortho nitro benzene ring substituents is 1. The molecule has 0 radical (unpaired) electrons. The average Bonchev–Trinajstić information content (AvgIpc) is 2.76. The maximum absolute atomic E-state index is 10.5. The van der Waals surface area contributed by atoms with E-state index in [4.69, 9.17) is 23.2 Å². The van der Waals surface area contributed by atoms with Gasteiger partial charge in [0.1, 0.15) is 0 Å². The lowest BCUT2D eigenvalue weighted by molar-refractivity contribution is -0.384. The van der Waals surface area contributed by atoms with E-state index in [1.165, 1.54) is 23.5 Å². The minimum absolute atomic E-state index is 0.0824. The molecule has 0 aliphatic heterocycles. The first kappa shape index (κ1) is 13.3. The Morgan fingerprint density at radius 3 is 2.44 bits per heavy atom. The molecule has 0 spiro atoms. The third-order valence-corrected chi connectivity index (χ3v) is 4.47. The topological polar surface area (TPSA) is 43.1 Å². The molecule has 3 nitrogen and oxygen atoms in total. The van der Waals surface area contributed by atoms with Crippen LogP contribution in [0.1, 0.15) is 15.8 Å². The van der Waals surface area contributed by atoms with Gasteiger partial charge in [-0.2, -0.15) is 0 Å². The SMILES string of the molecule is O=[N+]([O-])c1ccc(CC(Cl)c2sccc2Cl)cc1. The van der Waals surface area contributed by atoms with Gasteiger partial charge in [0.25, 0.3) is 5.69 Å². The number of benzene rings is 1. The summed E-state index contributed by atoms with van der Waals surface area (Å²) in [5.41, 5.74) is 1.03. The summed E-state index contributed by atoms with van der Waals surface area (Å²) in [6.07, 6.45) is 0.597. The highest BCUT2D eigenvalue weighted by Gasteiger charge is 2.14. The second-order valence-corrected chi connectivity index (χ2v) is 5.61. The number of rotatable bonds is 4. The van der Waals surface area contributed by atoms with E-state index in [0.29, 0.717) is 11.4 Å². The maximum atomic E-state index is 10.5. The van der Waals surface area contributed by atoms with Crippen molar-refractivity contribution < 1.29 is 4.92 Å². The zero-order valence-corrected chi connectivity index (χ0v) is 11.5. The fraction of sp³-hybridized carbons (Fsp3) is 0.167. The summed E-state index contributed by atoms with van der Waals surface area (Å²) >= 11 is 13.8. The van der Waals surface area contributed by atoms with E-state index in [1.54, 1.807) is 12.1 Å². The summed E-state index contributed by atoms with van der Waals surface area (Å²) in [7, 11) is 0. The minimum Gasteiger partial charge on any atom is -0.258 e. The number of nitrogens with zero attached hydrogens (tertiary/aromatic N) is 1. The van der Waals surface area contributed by atoms with Crippen molar-refractivity contribution in [3.8, 4) is 0 Å². The fourth-order valence-electron chi connectivity index (χ4n) is 1.58. The summed E-state index contributed by atoms with van der Waals surface area (Å²) in [5, 5.41) is 12.9. The standard InChI is InChI=1S/C12H9Cl2NO2S/c13-10-5-6-18-12(10)11(14)7-8-1-3-9(4-2-8)15(16)17/h1-6,11H,7H2. The van der Waals surface area contributed by atoms with E-state index in [0.717, 1.165) is 10.4 Å². The minimum atomic E-state index is -0.419. The number of nitro groups is 1. The Morgan fingerprint density at radius 1 is 1.28 bits per heavy atom. The number of hydrogen-bond acceptors (Lipinski definition) is 3. The number of nitro benzene ring substituents is 1. The van der Waals surface area contributed by atoms with Crippen LogP contribution in [0.25, 0.3) is 0 Å². The van der Waals surface area contributed by atoms with Crippen LogP contribution in [0.15, 0.2) is 35.7 Å². The first-order chi connectivity index (χ1) is 8.58. The van der Waals surface area contributed by atoms with E-state index >= 15 is 0 Å². The second kappa shape index (κ2) is 5.69. The molecule has 1 aromatic heterocycles. The van der Waals surface area contributed by atoms with Crippen molar-refractivity contribution in [2.45, 2.75) is 11.8 Å². The van der Waals surface area contributed by atoms with Crippen molar-refractivity contribution in [1.82, 2.24) is 0 Å². The van der Waals surface area contributed by atoms with Crippen LogP contribution in [0.3, 0.4) is 0 Å². The first-order valence-corrected chi connectivity index (χ1v) is 6.87. The van der Waals surface area contributed by atoms with Crippen molar-refractivity contribution in [2.75, 3.05) is 0 Å². The van der Waals surface area contributed by atoms with E-state index in [2.05, 4.69) is 0 Å². The highest BCUT2D eigenvalue weighted by atomic mass is 35.5. The predicted octanol–water partition coefficient (Wildman–Crippen LogP) is 4.83. The Balaban J connectivity index is 2.10. The molecule has 1 heterocycles. The van der Waals surface area contributed by atoms with E-state index in [1.807, 2.05) is 11.4 Å². The predicted molar refractivity (Wildman–Crippen MR) is 74.7 cm³/mol. The van der Waals surface area contributed by atoms with E-state index < -0.39 is 4.92 Å². The number of thiophene rings is 1. The largest absolute Gasteiger partial charge is 0.269 e. The molecule has 0 aliphatic rings. The highest BCUT2D eigenvalue weighted by molar-refractivity contribution is 7.11. The van der Waals surface area contributed by atoms with Gasteiger partial charge in [0.05, 0.1) is 15.3 Å². The molecule has 94 valence electrons. The van der Waals surface area contributed by atoms with Gasteiger partial charge in [0.2, 0.25) is 0 Å². The Bertz CT molecular complexity index is 553. The van der Waals surface area contributed by atoms with E-state index in [9.17, 15) is 10.1 Å². The van der Waals surface area contributed by atoms with Crippen LogP contribution in [0.4, 0.5) is 5.69 Å². The summed E-state index contributed by atoms with van der Waals surface area (Å²) in [6.45, 7) is 0. The van der Waals surface area contributed by atoms with Crippen molar-refractivity contribution in [3.63, 3.8) is 0 Å². The van der Waals surface area contributed by atoms with E-state index in [-0.39, 0.29) is 11.1 Å². The molecule has 0 N–H and O–H groups in total. The van der Waals surface area contributed by atoms with Crippen molar-refractivity contribution >= 4 is 40.2 Å². The molecule has 2 rings (SSSR count). The molecule has 18 heavy (non-hydrogen) atoms. The Kier molecular flexibility index (Phi) is 4.22. The molecule has 0 aliphatic carbocycles. The van der Waals surface area contributed by atoms with Crippen LogP contribution >= 0.6 is 34.5 Å². The normalized spacial score (nSPS) is 12.3. The number of alkyl halides is 1. The van der Waals surface area contributed by atoms with Gasteiger partial charge in [-0.3, -0.25) is 10.1 Å². The zero-order chi connectivity index (χ0) is 13.1. The molecule has 2 aromatic rings. The van der Waals surface area contributed by atoms with Gasteiger partial charge in [-0.05, 0) is 23.4 Å². The van der Waals surface area contributed by atoms with Crippen LogP contribution in [0.5, 0.6) is 0 Å². The Hall–Kier alpha value is -1.10. The average molecular weight is 302 g/mol. The second-order valence-electron chi connectivity index (χ2n) is 3.73. The molecule has 0 saturated heterocycles. The summed E-state index contributed by atoms with van der Waals surface area (Å²) in [4.78, 5) is 11.0. The Labute approximate surface area is 118 Å². The highest BCUT2D eigenvalue weighted by Crippen LogP contribution is 2.35. The summed E-state index contributed by atoms with van der Waals surface area (Å²) in [6, 6.07) is 8.21. The molecule has 6 heteroatoms. The molecule has 1 atom stereocenters. The van der Waals surface area contributed by atoms with Crippen molar-refractivity contribution in [2.24, 2.45) is 0 Å². The lowest BCUT2D eigenvalue weighted by atomic mass is 10.1. The number of halogens is 2. The van der Waals surface area contributed by atoms with Crippen LogP contribution in [0, 0.1) is 10.1 Å². The smallest absolute Gasteiger partial charge is 0.258 e. The number of hydrogen-bond donors (Lipinski definition) is 0. The third-order valence-electron chi connectivity index (χ3n) is 2.49. The molecule has 1 unspecified atom stereocenters. The molecule has 0 saturated carbocycles. The van der Waals surface area contributed by atoms with Crippen LogP contribution < -0.4 is 0 Å². The Morgan fingerprint density at radius 2 is 1.94 bits per heavy atom. The molecule has 0 fully saturated rings. The third kappa shape index (κ3) is 3.02. The van der Waals surface area contributed by atoms with Gasteiger partial charge in [-0.15, -0.1) is 22.9 Å². The van der Waals surface area contributed by atoms with Gasteiger partial charge in [0.15, 0.2) is 0 Å². The molecule has 1 aromatic carbocycles. The lowest BCUT2D eigenvalue weighted by Crippen LogP contribution is -1.95. The van der Waals surface area contributed by atoms with Crippen molar-refractivity contribution in [1.29, 1.82) is 0 Å². The van der Waals surface area contributed by atoms with Gasteiger partial charge >= 0.3 is 0 Å². The van der Waals surface area contributed by atoms with Gasteiger partial charge in [-0.1, -0.05) is 23.7 Å². The fourth-order valence-corrected chi connectivity index (χ4v) is 3.25. The first-order valence-electron chi connectivity index (χ1n) is 5.18. The zero-order valence-electron chi connectivity index (χ0n) is 9.18. The summed E-state index contributed by atoms with van der Waals surface area (Å²) < 4.78 is 0. The van der Waals surface area contributed by atoms with Gasteiger partial charge < -0.3 is 0 Å². The maximum Gasteiger partial charge on any atom is 0.269 e. The molecular weight excluding hydrogens is 293 g/mol. The van der Waals surface area contributed by atoms with Crippen molar-refractivity contribution in [3.05, 3.63) is 61.3 Å². The van der Waals surface area contributed by atoms with Crippen LogP contribution in [-0.2, 0) is 6.42 Å².